The average Bonchev–Trinajstić information content (AvgIpc) is 2.63. The molecule has 0 aliphatic heterocycles. The van der Waals surface area contributed by atoms with E-state index in [1.807, 2.05) is 31.3 Å². The topological polar surface area (TPSA) is 12.0 Å². The lowest BCUT2D eigenvalue weighted by Gasteiger charge is -2.16. The van der Waals surface area contributed by atoms with E-state index in [4.69, 9.17) is 23.2 Å². The van der Waals surface area contributed by atoms with Crippen molar-refractivity contribution in [3.8, 4) is 0 Å². The molecule has 2 rings (SSSR count). The van der Waals surface area contributed by atoms with Crippen LogP contribution < -0.4 is 5.32 Å². The van der Waals surface area contributed by atoms with Gasteiger partial charge >= 0.3 is 0 Å². The molecule has 1 aromatic heterocycles. The van der Waals surface area contributed by atoms with Crippen LogP contribution in [0.1, 0.15) is 16.5 Å². The van der Waals surface area contributed by atoms with Crippen molar-refractivity contribution in [2.75, 3.05) is 7.05 Å². The molecule has 96 valence electrons. The summed E-state index contributed by atoms with van der Waals surface area (Å²) in [5.41, 5.74) is 1.13. The Hall–Kier alpha value is 0.420. The van der Waals surface area contributed by atoms with Crippen molar-refractivity contribution in [1.82, 2.24) is 5.32 Å². The van der Waals surface area contributed by atoms with Crippen LogP contribution in [0.4, 0.5) is 0 Å². The van der Waals surface area contributed by atoms with Crippen LogP contribution in [0.2, 0.25) is 10.0 Å². The van der Waals surface area contributed by atoms with E-state index in [9.17, 15) is 0 Å². The fraction of sp³-hybridized carbons (Fsp3) is 0.167. The van der Waals surface area contributed by atoms with Gasteiger partial charge in [-0.05, 0) is 46.7 Å². The van der Waals surface area contributed by atoms with Gasteiger partial charge in [0.25, 0.3) is 0 Å². The van der Waals surface area contributed by atoms with Crippen LogP contribution in [0.5, 0.6) is 0 Å². The fourth-order valence-corrected chi connectivity index (χ4v) is 4.48. The number of thiophene rings is 1. The van der Waals surface area contributed by atoms with Gasteiger partial charge < -0.3 is 5.32 Å². The van der Waals surface area contributed by atoms with Gasteiger partial charge in [-0.3, -0.25) is 0 Å². The van der Waals surface area contributed by atoms with Crippen molar-refractivity contribution < 1.29 is 0 Å². The molecule has 0 aliphatic carbocycles. The monoisotopic (exact) mass is 427 g/mol. The van der Waals surface area contributed by atoms with Crippen molar-refractivity contribution in [3.05, 3.63) is 53.0 Å². The van der Waals surface area contributed by atoms with Gasteiger partial charge in [0, 0.05) is 14.4 Å². The molecule has 1 aromatic carbocycles. The number of hydrogen-bond acceptors (Lipinski definition) is 2. The molecule has 0 saturated heterocycles. The Bertz CT molecular complexity index is 552. The Morgan fingerprint density at radius 2 is 1.94 bits per heavy atom. The molecule has 1 nitrogen and oxygen atoms in total. The minimum absolute atomic E-state index is 0.0884. The molecule has 1 unspecified atom stereocenters. The second kappa shape index (κ2) is 6.25. The van der Waals surface area contributed by atoms with E-state index in [0.717, 1.165) is 23.7 Å². The van der Waals surface area contributed by atoms with Crippen molar-refractivity contribution in [2.45, 2.75) is 6.04 Å². The number of nitrogens with one attached hydrogen (secondary N) is 1. The summed E-state index contributed by atoms with van der Waals surface area (Å²) in [4.78, 5) is 1.15. The fourth-order valence-electron chi connectivity index (χ4n) is 1.69. The van der Waals surface area contributed by atoms with Crippen LogP contribution in [0.3, 0.4) is 0 Å². The predicted octanol–water partition coefficient (Wildman–Crippen LogP) is 5.89. The lowest BCUT2D eigenvalue weighted by atomic mass is 10.1. The SMILES string of the molecule is CNC(c1cc(Cl)c(Br)s1)c1ccc(Cl)cc1Br. The molecule has 0 fully saturated rings. The first-order chi connectivity index (χ1) is 8.52. The van der Waals surface area contributed by atoms with Crippen molar-refractivity contribution in [1.29, 1.82) is 0 Å². The van der Waals surface area contributed by atoms with Gasteiger partial charge in [-0.2, -0.15) is 0 Å². The number of halogens is 4. The van der Waals surface area contributed by atoms with E-state index in [1.54, 1.807) is 11.3 Å². The molecule has 0 saturated carbocycles. The van der Waals surface area contributed by atoms with E-state index in [0.29, 0.717) is 5.02 Å². The van der Waals surface area contributed by atoms with Gasteiger partial charge in [0.2, 0.25) is 0 Å². The molecule has 0 radical (unpaired) electrons. The van der Waals surface area contributed by atoms with Crippen molar-refractivity contribution in [2.24, 2.45) is 0 Å². The van der Waals surface area contributed by atoms with Crippen LogP contribution in [-0.2, 0) is 0 Å². The predicted molar refractivity (Wildman–Crippen MR) is 87.1 cm³/mol. The zero-order valence-electron chi connectivity index (χ0n) is 9.31. The third kappa shape index (κ3) is 3.11. The lowest BCUT2D eigenvalue weighted by molar-refractivity contribution is 0.701. The summed E-state index contributed by atoms with van der Waals surface area (Å²) >= 11 is 20.7. The lowest BCUT2D eigenvalue weighted by Crippen LogP contribution is -2.16. The van der Waals surface area contributed by atoms with E-state index >= 15 is 0 Å². The first-order valence-corrected chi connectivity index (χ1v) is 8.25. The molecule has 0 spiro atoms. The summed E-state index contributed by atoms with van der Waals surface area (Å²) in [5, 5.41) is 4.74. The van der Waals surface area contributed by atoms with Crippen molar-refractivity contribution >= 4 is 66.4 Å². The Morgan fingerprint density at radius 3 is 2.44 bits per heavy atom. The molecule has 18 heavy (non-hydrogen) atoms. The molecule has 1 N–H and O–H groups in total. The van der Waals surface area contributed by atoms with Gasteiger partial charge in [0.1, 0.15) is 0 Å². The summed E-state index contributed by atoms with van der Waals surface area (Å²) in [6, 6.07) is 7.85. The summed E-state index contributed by atoms with van der Waals surface area (Å²) < 4.78 is 1.93. The maximum Gasteiger partial charge on any atom is 0.0888 e. The quantitative estimate of drug-likeness (QED) is 0.641. The highest BCUT2D eigenvalue weighted by atomic mass is 79.9. The zero-order valence-corrected chi connectivity index (χ0v) is 14.8. The Kier molecular flexibility index (Phi) is 5.14. The minimum Gasteiger partial charge on any atom is -0.309 e. The number of hydrogen-bond donors (Lipinski definition) is 1. The molecule has 6 heteroatoms. The minimum atomic E-state index is 0.0884. The van der Waals surface area contributed by atoms with E-state index < -0.39 is 0 Å². The maximum absolute atomic E-state index is 6.09. The van der Waals surface area contributed by atoms with Gasteiger partial charge in [-0.15, -0.1) is 11.3 Å². The third-order valence-electron chi connectivity index (χ3n) is 2.51. The standard InChI is InChI=1S/C12H9Br2Cl2NS/c1-17-11(10-5-9(16)12(14)18-10)7-3-2-6(15)4-8(7)13/h2-5,11,17H,1H3. The van der Waals surface area contributed by atoms with Gasteiger partial charge in [0.05, 0.1) is 14.9 Å². The number of benzene rings is 1. The second-order valence-electron chi connectivity index (χ2n) is 3.66. The molecular weight excluding hydrogens is 421 g/mol. The Labute approximate surface area is 137 Å². The van der Waals surface area contributed by atoms with Crippen LogP contribution in [-0.4, -0.2) is 7.05 Å². The van der Waals surface area contributed by atoms with Crippen molar-refractivity contribution in [3.63, 3.8) is 0 Å². The molecule has 1 heterocycles. The number of rotatable bonds is 3. The van der Waals surface area contributed by atoms with Crippen LogP contribution >= 0.6 is 66.4 Å². The maximum atomic E-state index is 6.09. The summed E-state index contributed by atoms with van der Waals surface area (Å²) in [5.74, 6) is 0. The van der Waals surface area contributed by atoms with Gasteiger partial charge in [-0.25, -0.2) is 0 Å². The largest absolute Gasteiger partial charge is 0.309 e. The van der Waals surface area contributed by atoms with E-state index in [-0.39, 0.29) is 6.04 Å². The summed E-state index contributed by atoms with van der Waals surface area (Å²) in [6.07, 6.45) is 0. The molecule has 1 atom stereocenters. The molecule has 2 aromatic rings. The van der Waals surface area contributed by atoms with Gasteiger partial charge in [0.15, 0.2) is 0 Å². The third-order valence-corrected chi connectivity index (χ3v) is 5.97. The second-order valence-corrected chi connectivity index (χ2v) is 7.76. The molecular formula is C12H9Br2Cl2NS. The van der Waals surface area contributed by atoms with Crippen LogP contribution in [0, 0.1) is 0 Å². The first-order valence-electron chi connectivity index (χ1n) is 5.10. The molecule has 0 amide bonds. The smallest absolute Gasteiger partial charge is 0.0888 e. The van der Waals surface area contributed by atoms with Crippen LogP contribution in [0.15, 0.2) is 32.5 Å². The highest BCUT2D eigenvalue weighted by Crippen LogP contribution is 2.39. The summed E-state index contributed by atoms with van der Waals surface area (Å²) in [6.45, 7) is 0. The highest BCUT2D eigenvalue weighted by molar-refractivity contribution is 9.11. The normalized spacial score (nSPS) is 12.7. The Morgan fingerprint density at radius 1 is 1.22 bits per heavy atom. The van der Waals surface area contributed by atoms with Gasteiger partial charge in [-0.1, -0.05) is 45.2 Å². The highest BCUT2D eigenvalue weighted by Gasteiger charge is 2.18. The van der Waals surface area contributed by atoms with Crippen LogP contribution in [0.25, 0.3) is 0 Å². The average molecular weight is 430 g/mol. The summed E-state index contributed by atoms with van der Waals surface area (Å²) in [7, 11) is 1.92. The Balaban J connectivity index is 2.45. The van der Waals surface area contributed by atoms with E-state index in [1.165, 1.54) is 0 Å². The zero-order chi connectivity index (χ0) is 13.3. The first kappa shape index (κ1) is 14.8. The molecule has 0 aliphatic rings. The molecule has 0 bridgehead atoms. The van der Waals surface area contributed by atoms with E-state index in [2.05, 4.69) is 37.2 Å².